The number of aromatic nitrogens is 2. The van der Waals surface area contributed by atoms with Crippen molar-refractivity contribution < 1.29 is 14.0 Å². The van der Waals surface area contributed by atoms with Gasteiger partial charge in [-0.15, -0.1) is 0 Å². The molecule has 1 fully saturated rings. The number of furan rings is 1. The van der Waals surface area contributed by atoms with E-state index in [9.17, 15) is 5.11 Å². The molecule has 102 valence electrons. The third-order valence-corrected chi connectivity index (χ3v) is 3.84. The highest BCUT2D eigenvalue weighted by molar-refractivity contribution is 5.50. The second kappa shape index (κ2) is 5.17. The highest BCUT2D eigenvalue weighted by Crippen LogP contribution is 2.28. The Morgan fingerprint density at radius 3 is 2.95 bits per heavy atom. The summed E-state index contributed by atoms with van der Waals surface area (Å²) in [5.74, 6) is 1.96. The number of hydrogen-bond acceptors (Lipinski definition) is 5. The number of hydrogen-bond donors (Lipinski definition) is 1. The fourth-order valence-corrected chi connectivity index (χ4v) is 2.68. The molecule has 2 heterocycles. The van der Waals surface area contributed by atoms with Gasteiger partial charge >= 0.3 is 0 Å². The van der Waals surface area contributed by atoms with Gasteiger partial charge in [0.15, 0.2) is 5.76 Å². The first-order valence-electron chi connectivity index (χ1n) is 6.79. The number of nitrogens with zero attached hydrogens (tertiary/aromatic N) is 2. The predicted molar refractivity (Wildman–Crippen MR) is 68.4 cm³/mol. The lowest BCUT2D eigenvalue weighted by molar-refractivity contribution is 0.0657. The summed E-state index contributed by atoms with van der Waals surface area (Å²) >= 11 is 0. The summed E-state index contributed by atoms with van der Waals surface area (Å²) in [5, 5.41) is 13.9. The number of aliphatic hydroxyl groups excluding tert-OH is 1. The first-order valence-corrected chi connectivity index (χ1v) is 6.79. The highest BCUT2D eigenvalue weighted by Gasteiger charge is 2.25. The SMILES string of the molecule is Cc1ccoc1-c1noc(CC2CCCCC2O)n1. The molecule has 2 aromatic rings. The van der Waals surface area contributed by atoms with E-state index in [-0.39, 0.29) is 12.0 Å². The van der Waals surface area contributed by atoms with Crippen LogP contribution in [0.5, 0.6) is 0 Å². The van der Waals surface area contributed by atoms with Crippen LogP contribution in [0, 0.1) is 12.8 Å². The van der Waals surface area contributed by atoms with Crippen LogP contribution in [0.15, 0.2) is 21.3 Å². The normalized spacial score (nSPS) is 23.7. The molecule has 19 heavy (non-hydrogen) atoms. The van der Waals surface area contributed by atoms with Crippen LogP contribution < -0.4 is 0 Å². The average Bonchev–Trinajstić information content (AvgIpc) is 3.01. The summed E-state index contributed by atoms with van der Waals surface area (Å²) in [5.41, 5.74) is 0.991. The van der Waals surface area contributed by atoms with Crippen molar-refractivity contribution >= 4 is 0 Å². The van der Waals surface area contributed by atoms with Crippen molar-refractivity contribution in [3.05, 3.63) is 23.8 Å². The van der Waals surface area contributed by atoms with Crippen LogP contribution in [0.4, 0.5) is 0 Å². The summed E-state index contributed by atoms with van der Waals surface area (Å²) in [4.78, 5) is 4.36. The van der Waals surface area contributed by atoms with Gasteiger partial charge in [0.1, 0.15) is 0 Å². The van der Waals surface area contributed by atoms with Crippen molar-refractivity contribution in [2.45, 2.75) is 45.1 Å². The van der Waals surface area contributed by atoms with Gasteiger partial charge in [0.25, 0.3) is 0 Å². The molecule has 5 heteroatoms. The van der Waals surface area contributed by atoms with Gasteiger partial charge in [0, 0.05) is 6.42 Å². The van der Waals surface area contributed by atoms with E-state index in [1.807, 2.05) is 13.0 Å². The monoisotopic (exact) mass is 262 g/mol. The molecular formula is C14H18N2O3. The van der Waals surface area contributed by atoms with Crippen LogP contribution in [0.1, 0.15) is 37.1 Å². The first-order chi connectivity index (χ1) is 9.24. The molecule has 3 rings (SSSR count). The van der Waals surface area contributed by atoms with Crippen LogP contribution >= 0.6 is 0 Å². The van der Waals surface area contributed by atoms with Crippen molar-refractivity contribution in [3.8, 4) is 11.6 Å². The molecule has 0 bridgehead atoms. The van der Waals surface area contributed by atoms with Crippen molar-refractivity contribution in [3.63, 3.8) is 0 Å². The molecule has 0 spiro atoms. The molecule has 0 aromatic carbocycles. The predicted octanol–water partition coefficient (Wildman–Crippen LogP) is 2.73. The minimum Gasteiger partial charge on any atom is -0.461 e. The van der Waals surface area contributed by atoms with E-state index < -0.39 is 0 Å². The zero-order chi connectivity index (χ0) is 13.2. The van der Waals surface area contributed by atoms with Crippen LogP contribution in [0.2, 0.25) is 0 Å². The van der Waals surface area contributed by atoms with Crippen LogP contribution in [-0.4, -0.2) is 21.4 Å². The standard InChI is InChI=1S/C14H18N2O3/c1-9-6-7-18-13(9)14-15-12(19-16-14)8-10-4-2-3-5-11(10)17/h6-7,10-11,17H,2-5,8H2,1H3. The Hall–Kier alpha value is -1.62. The number of aryl methyl sites for hydroxylation is 1. The van der Waals surface area contributed by atoms with Gasteiger partial charge in [-0.1, -0.05) is 18.0 Å². The van der Waals surface area contributed by atoms with Gasteiger partial charge in [-0.25, -0.2) is 0 Å². The lowest BCUT2D eigenvalue weighted by Gasteiger charge is -2.26. The maximum Gasteiger partial charge on any atom is 0.238 e. The highest BCUT2D eigenvalue weighted by atomic mass is 16.5. The second-order valence-electron chi connectivity index (χ2n) is 5.26. The van der Waals surface area contributed by atoms with Crippen LogP contribution in [0.3, 0.4) is 0 Å². The molecular weight excluding hydrogens is 244 g/mol. The Kier molecular flexibility index (Phi) is 3.38. The quantitative estimate of drug-likeness (QED) is 0.920. The van der Waals surface area contributed by atoms with Gasteiger partial charge in [-0.3, -0.25) is 0 Å². The van der Waals surface area contributed by atoms with E-state index in [4.69, 9.17) is 8.94 Å². The van der Waals surface area contributed by atoms with Gasteiger partial charge in [-0.2, -0.15) is 4.98 Å². The Labute approximate surface area is 111 Å². The molecule has 0 aliphatic heterocycles. The maximum atomic E-state index is 9.96. The molecule has 2 unspecified atom stereocenters. The largest absolute Gasteiger partial charge is 0.461 e. The van der Waals surface area contributed by atoms with Crippen molar-refractivity contribution in [2.75, 3.05) is 0 Å². The molecule has 1 aliphatic rings. The van der Waals surface area contributed by atoms with E-state index in [0.29, 0.717) is 23.9 Å². The van der Waals surface area contributed by atoms with Crippen molar-refractivity contribution in [1.29, 1.82) is 0 Å². The summed E-state index contributed by atoms with van der Waals surface area (Å²) in [6, 6.07) is 1.87. The summed E-state index contributed by atoms with van der Waals surface area (Å²) < 4.78 is 10.6. The Bertz CT molecular complexity index is 546. The van der Waals surface area contributed by atoms with Crippen molar-refractivity contribution in [2.24, 2.45) is 5.92 Å². The smallest absolute Gasteiger partial charge is 0.238 e. The molecule has 1 aliphatic carbocycles. The third-order valence-electron chi connectivity index (χ3n) is 3.84. The summed E-state index contributed by atoms with van der Waals surface area (Å²) in [6.07, 6.45) is 6.20. The fraction of sp³-hybridized carbons (Fsp3) is 0.571. The molecule has 5 nitrogen and oxygen atoms in total. The Morgan fingerprint density at radius 2 is 2.21 bits per heavy atom. The van der Waals surface area contributed by atoms with E-state index >= 15 is 0 Å². The molecule has 0 saturated heterocycles. The zero-order valence-electron chi connectivity index (χ0n) is 11.0. The van der Waals surface area contributed by atoms with Gasteiger partial charge in [-0.05, 0) is 37.3 Å². The molecule has 2 atom stereocenters. The minimum atomic E-state index is -0.241. The molecule has 1 N–H and O–H groups in total. The molecule has 0 radical (unpaired) electrons. The number of aliphatic hydroxyl groups is 1. The van der Waals surface area contributed by atoms with Gasteiger partial charge < -0.3 is 14.0 Å². The van der Waals surface area contributed by atoms with Gasteiger partial charge in [0.05, 0.1) is 12.4 Å². The van der Waals surface area contributed by atoms with E-state index in [2.05, 4.69) is 10.1 Å². The Morgan fingerprint density at radius 1 is 1.37 bits per heavy atom. The zero-order valence-corrected chi connectivity index (χ0v) is 11.0. The average molecular weight is 262 g/mol. The summed E-state index contributed by atoms with van der Waals surface area (Å²) in [7, 11) is 0. The van der Waals surface area contributed by atoms with E-state index in [1.54, 1.807) is 6.26 Å². The van der Waals surface area contributed by atoms with Gasteiger partial charge in [0.2, 0.25) is 11.7 Å². The topological polar surface area (TPSA) is 72.3 Å². The molecule has 1 saturated carbocycles. The van der Waals surface area contributed by atoms with Crippen LogP contribution in [-0.2, 0) is 6.42 Å². The second-order valence-corrected chi connectivity index (χ2v) is 5.26. The first kappa shape index (κ1) is 12.4. The van der Waals surface area contributed by atoms with E-state index in [1.165, 1.54) is 6.42 Å². The number of rotatable bonds is 3. The van der Waals surface area contributed by atoms with Crippen molar-refractivity contribution in [1.82, 2.24) is 10.1 Å². The fourth-order valence-electron chi connectivity index (χ4n) is 2.68. The lowest BCUT2D eigenvalue weighted by atomic mass is 9.84. The third kappa shape index (κ3) is 2.56. The lowest BCUT2D eigenvalue weighted by Crippen LogP contribution is -2.26. The summed E-state index contributed by atoms with van der Waals surface area (Å²) in [6.45, 7) is 1.94. The molecule has 0 amide bonds. The maximum absolute atomic E-state index is 9.96. The molecule has 2 aromatic heterocycles. The minimum absolute atomic E-state index is 0.236. The van der Waals surface area contributed by atoms with E-state index in [0.717, 1.165) is 24.8 Å². The Balaban J connectivity index is 1.73. The van der Waals surface area contributed by atoms with Crippen LogP contribution in [0.25, 0.3) is 11.6 Å².